The van der Waals surface area contributed by atoms with E-state index >= 15 is 0 Å². The monoisotopic (exact) mass is 247 g/mol. The van der Waals surface area contributed by atoms with Crippen LogP contribution < -0.4 is 5.32 Å². The highest BCUT2D eigenvalue weighted by Gasteiger charge is 2.23. The van der Waals surface area contributed by atoms with E-state index in [1.807, 2.05) is 23.2 Å². The van der Waals surface area contributed by atoms with Crippen molar-refractivity contribution >= 4 is 34.7 Å². The first-order valence-corrected chi connectivity index (χ1v) is 7.21. The fourth-order valence-corrected chi connectivity index (χ4v) is 4.09. The van der Waals surface area contributed by atoms with Gasteiger partial charge in [-0.05, 0) is 23.1 Å². The van der Waals surface area contributed by atoms with Crippen LogP contribution >= 0.6 is 34.7 Å². The fourth-order valence-electron chi connectivity index (χ4n) is 1.60. The maximum absolute atomic E-state index is 6.03. The summed E-state index contributed by atoms with van der Waals surface area (Å²) in [6, 6.07) is 2.63. The van der Waals surface area contributed by atoms with E-state index in [1.54, 1.807) is 11.3 Å². The van der Waals surface area contributed by atoms with E-state index in [9.17, 15) is 0 Å². The molecular weight excluding hydrogens is 234 g/mol. The van der Waals surface area contributed by atoms with Crippen LogP contribution in [-0.2, 0) is 6.54 Å². The summed E-state index contributed by atoms with van der Waals surface area (Å²) in [5.74, 6) is 3.32. The molecule has 1 aromatic heterocycles. The van der Waals surface area contributed by atoms with Gasteiger partial charge in [0.15, 0.2) is 0 Å². The van der Waals surface area contributed by atoms with Crippen LogP contribution in [0.1, 0.15) is 11.8 Å². The lowest BCUT2D eigenvalue weighted by Gasteiger charge is -2.15. The van der Waals surface area contributed by atoms with Gasteiger partial charge in [0.1, 0.15) is 0 Å². The number of halogens is 1. The van der Waals surface area contributed by atoms with Gasteiger partial charge in [-0.1, -0.05) is 18.5 Å². The summed E-state index contributed by atoms with van der Waals surface area (Å²) in [5, 5.41) is 6.53. The van der Waals surface area contributed by atoms with Crippen molar-refractivity contribution in [3.8, 4) is 0 Å². The molecule has 4 heteroatoms. The molecule has 0 aliphatic carbocycles. The van der Waals surface area contributed by atoms with Crippen molar-refractivity contribution in [1.82, 2.24) is 5.32 Å². The van der Waals surface area contributed by atoms with Crippen LogP contribution in [0.5, 0.6) is 0 Å². The Morgan fingerprint density at radius 1 is 1.57 bits per heavy atom. The standard InChI is InChI=1S/C10H14ClNS2/c1-7-5-13-6-9(7)12-4-10-8(11)2-3-14-10/h2-3,7,9,12H,4-6H2,1H3. The molecule has 0 saturated carbocycles. The third-order valence-electron chi connectivity index (χ3n) is 2.58. The minimum atomic E-state index is 0.665. The van der Waals surface area contributed by atoms with Gasteiger partial charge in [0, 0.05) is 23.2 Å². The van der Waals surface area contributed by atoms with Gasteiger partial charge in [0.25, 0.3) is 0 Å². The molecule has 0 amide bonds. The van der Waals surface area contributed by atoms with Gasteiger partial charge in [-0.3, -0.25) is 0 Å². The molecule has 1 saturated heterocycles. The summed E-state index contributed by atoms with van der Waals surface area (Å²) >= 11 is 9.80. The minimum absolute atomic E-state index is 0.665. The number of thioether (sulfide) groups is 1. The molecule has 1 aromatic rings. The normalized spacial score (nSPS) is 27.0. The molecule has 1 aliphatic heterocycles. The predicted molar refractivity (Wildman–Crippen MR) is 66.4 cm³/mol. The van der Waals surface area contributed by atoms with Gasteiger partial charge >= 0.3 is 0 Å². The lowest BCUT2D eigenvalue weighted by atomic mass is 10.1. The second kappa shape index (κ2) is 4.88. The van der Waals surface area contributed by atoms with Crippen molar-refractivity contribution in [2.24, 2.45) is 5.92 Å². The van der Waals surface area contributed by atoms with Crippen molar-refractivity contribution in [3.63, 3.8) is 0 Å². The Kier molecular flexibility index (Phi) is 3.77. The quantitative estimate of drug-likeness (QED) is 0.880. The van der Waals surface area contributed by atoms with Crippen LogP contribution in [-0.4, -0.2) is 17.5 Å². The second-order valence-electron chi connectivity index (χ2n) is 3.69. The number of hydrogen-bond donors (Lipinski definition) is 1. The molecule has 0 radical (unpaired) electrons. The third kappa shape index (κ3) is 2.45. The Hall–Kier alpha value is 0.300. The summed E-state index contributed by atoms with van der Waals surface area (Å²) in [6.07, 6.45) is 0. The zero-order valence-corrected chi connectivity index (χ0v) is 10.5. The van der Waals surface area contributed by atoms with Crippen LogP contribution in [0.3, 0.4) is 0 Å². The van der Waals surface area contributed by atoms with Crippen LogP contribution in [0.15, 0.2) is 11.4 Å². The molecular formula is C10H14ClNS2. The summed E-state index contributed by atoms with van der Waals surface area (Å²) in [5.41, 5.74) is 0. The molecule has 2 atom stereocenters. The number of thiophene rings is 1. The lowest BCUT2D eigenvalue weighted by Crippen LogP contribution is -2.33. The number of hydrogen-bond acceptors (Lipinski definition) is 3. The Balaban J connectivity index is 1.85. The summed E-state index contributed by atoms with van der Waals surface area (Å²) in [7, 11) is 0. The first-order chi connectivity index (χ1) is 6.77. The van der Waals surface area contributed by atoms with E-state index in [0.29, 0.717) is 6.04 Å². The molecule has 0 spiro atoms. The summed E-state index contributed by atoms with van der Waals surface area (Å²) in [4.78, 5) is 1.26. The van der Waals surface area contributed by atoms with Crippen LogP contribution in [0.2, 0.25) is 5.02 Å². The molecule has 1 aliphatic rings. The Morgan fingerprint density at radius 3 is 3.00 bits per heavy atom. The maximum Gasteiger partial charge on any atom is 0.0558 e. The van der Waals surface area contributed by atoms with Crippen molar-refractivity contribution < 1.29 is 0 Å². The van der Waals surface area contributed by atoms with E-state index in [2.05, 4.69) is 12.2 Å². The molecule has 0 aromatic carbocycles. The minimum Gasteiger partial charge on any atom is -0.308 e. The van der Waals surface area contributed by atoms with E-state index in [4.69, 9.17) is 11.6 Å². The van der Waals surface area contributed by atoms with Crippen LogP contribution in [0.25, 0.3) is 0 Å². The zero-order valence-electron chi connectivity index (χ0n) is 8.13. The molecule has 14 heavy (non-hydrogen) atoms. The number of rotatable bonds is 3. The average Bonchev–Trinajstić information content (AvgIpc) is 2.72. The van der Waals surface area contributed by atoms with Gasteiger partial charge in [0.05, 0.1) is 5.02 Å². The first-order valence-electron chi connectivity index (χ1n) is 4.80. The SMILES string of the molecule is CC1CSCC1NCc1sccc1Cl. The van der Waals surface area contributed by atoms with Crippen LogP contribution in [0.4, 0.5) is 0 Å². The average molecular weight is 248 g/mol. The molecule has 2 rings (SSSR count). The molecule has 2 heterocycles. The van der Waals surface area contributed by atoms with Gasteiger partial charge in [0.2, 0.25) is 0 Å². The third-order valence-corrected chi connectivity index (χ3v) is 5.32. The second-order valence-corrected chi connectivity index (χ2v) is 6.18. The Bertz CT molecular complexity index is 300. The predicted octanol–water partition coefficient (Wildman–Crippen LogP) is 3.24. The van der Waals surface area contributed by atoms with Gasteiger partial charge in [-0.25, -0.2) is 0 Å². The molecule has 2 unspecified atom stereocenters. The van der Waals surface area contributed by atoms with Crippen molar-refractivity contribution in [2.75, 3.05) is 11.5 Å². The summed E-state index contributed by atoms with van der Waals surface area (Å²) < 4.78 is 0. The summed E-state index contributed by atoms with van der Waals surface area (Å²) in [6.45, 7) is 3.24. The molecule has 1 fully saturated rings. The van der Waals surface area contributed by atoms with E-state index < -0.39 is 0 Å². The van der Waals surface area contributed by atoms with E-state index in [-0.39, 0.29) is 0 Å². The fraction of sp³-hybridized carbons (Fsp3) is 0.600. The Morgan fingerprint density at radius 2 is 2.43 bits per heavy atom. The largest absolute Gasteiger partial charge is 0.308 e. The van der Waals surface area contributed by atoms with E-state index in [0.717, 1.165) is 17.5 Å². The van der Waals surface area contributed by atoms with Crippen molar-refractivity contribution in [2.45, 2.75) is 19.5 Å². The van der Waals surface area contributed by atoms with E-state index in [1.165, 1.54) is 16.4 Å². The zero-order chi connectivity index (χ0) is 9.97. The smallest absolute Gasteiger partial charge is 0.0558 e. The van der Waals surface area contributed by atoms with Crippen molar-refractivity contribution in [3.05, 3.63) is 21.3 Å². The number of nitrogens with one attached hydrogen (secondary N) is 1. The highest BCUT2D eigenvalue weighted by atomic mass is 35.5. The van der Waals surface area contributed by atoms with Gasteiger partial charge in [-0.15, -0.1) is 11.3 Å². The molecule has 0 bridgehead atoms. The Labute approximate surface area is 98.2 Å². The van der Waals surface area contributed by atoms with Crippen LogP contribution in [0, 0.1) is 5.92 Å². The molecule has 1 nitrogen and oxygen atoms in total. The lowest BCUT2D eigenvalue weighted by molar-refractivity contribution is 0.455. The molecule has 1 N–H and O–H groups in total. The van der Waals surface area contributed by atoms with Crippen molar-refractivity contribution in [1.29, 1.82) is 0 Å². The van der Waals surface area contributed by atoms with Gasteiger partial charge in [-0.2, -0.15) is 11.8 Å². The highest BCUT2D eigenvalue weighted by molar-refractivity contribution is 7.99. The maximum atomic E-state index is 6.03. The highest BCUT2D eigenvalue weighted by Crippen LogP contribution is 2.26. The first kappa shape index (κ1) is 10.8. The topological polar surface area (TPSA) is 12.0 Å². The van der Waals surface area contributed by atoms with Gasteiger partial charge < -0.3 is 5.32 Å². The molecule has 78 valence electrons.